The standard InChI is InChI=1S/C26H20N2/c1-3-11-19(12-4-1)27-25-23-17-9-7-15-21(23)22-16-8-10-18-24(22)26(25)28-20-13-5-2-6-14-20/h1-18,27-28H. The maximum absolute atomic E-state index is 3.67. The molecule has 0 saturated heterocycles. The molecule has 0 atom stereocenters. The Bertz CT molecular complexity index is 1140. The van der Waals surface area contributed by atoms with E-state index in [-0.39, 0.29) is 0 Å². The minimum Gasteiger partial charge on any atom is -0.353 e. The Balaban J connectivity index is 1.81. The van der Waals surface area contributed by atoms with E-state index in [1.807, 2.05) is 12.1 Å². The number of hydrogen-bond acceptors (Lipinski definition) is 2. The summed E-state index contributed by atoms with van der Waals surface area (Å²) in [5.41, 5.74) is 4.31. The smallest absolute Gasteiger partial charge is 0.0709 e. The topological polar surface area (TPSA) is 24.1 Å². The Hall–Kier alpha value is -3.78. The van der Waals surface area contributed by atoms with Gasteiger partial charge in [0.15, 0.2) is 0 Å². The van der Waals surface area contributed by atoms with Crippen LogP contribution in [-0.2, 0) is 0 Å². The third kappa shape index (κ3) is 2.95. The molecule has 0 unspecified atom stereocenters. The van der Waals surface area contributed by atoms with Gasteiger partial charge in [0.25, 0.3) is 0 Å². The van der Waals surface area contributed by atoms with Gasteiger partial charge in [0, 0.05) is 22.1 Å². The average molecular weight is 360 g/mol. The first-order valence-electron chi connectivity index (χ1n) is 9.48. The summed E-state index contributed by atoms with van der Waals surface area (Å²) >= 11 is 0. The van der Waals surface area contributed by atoms with Crippen molar-refractivity contribution in [1.29, 1.82) is 0 Å². The first-order valence-corrected chi connectivity index (χ1v) is 9.48. The lowest BCUT2D eigenvalue weighted by atomic mass is 9.97. The van der Waals surface area contributed by atoms with Crippen molar-refractivity contribution in [3.63, 3.8) is 0 Å². The van der Waals surface area contributed by atoms with Crippen LogP contribution in [0.15, 0.2) is 109 Å². The highest BCUT2D eigenvalue weighted by molar-refractivity contribution is 6.21. The summed E-state index contributed by atoms with van der Waals surface area (Å²) in [6.45, 7) is 0. The van der Waals surface area contributed by atoms with E-state index >= 15 is 0 Å². The van der Waals surface area contributed by atoms with Crippen LogP contribution in [0.4, 0.5) is 22.7 Å². The highest BCUT2D eigenvalue weighted by Crippen LogP contribution is 2.42. The Labute approximate surface area is 164 Å². The second-order valence-electron chi connectivity index (χ2n) is 6.82. The number of anilines is 4. The summed E-state index contributed by atoms with van der Waals surface area (Å²) < 4.78 is 0. The molecule has 5 rings (SSSR count). The van der Waals surface area contributed by atoms with Crippen LogP contribution in [0.5, 0.6) is 0 Å². The highest BCUT2D eigenvalue weighted by atomic mass is 15.0. The van der Waals surface area contributed by atoms with Gasteiger partial charge in [0.1, 0.15) is 0 Å². The second kappa shape index (κ2) is 7.09. The van der Waals surface area contributed by atoms with Crippen LogP contribution in [0.3, 0.4) is 0 Å². The normalized spacial score (nSPS) is 10.9. The molecule has 0 aliphatic heterocycles. The van der Waals surface area contributed by atoms with Crippen LogP contribution in [0.1, 0.15) is 0 Å². The van der Waals surface area contributed by atoms with Crippen molar-refractivity contribution in [1.82, 2.24) is 0 Å². The summed E-state index contributed by atoms with van der Waals surface area (Å²) in [6, 6.07) is 37.8. The molecule has 5 aromatic rings. The van der Waals surface area contributed by atoms with Crippen molar-refractivity contribution < 1.29 is 0 Å². The molecule has 2 N–H and O–H groups in total. The zero-order chi connectivity index (χ0) is 18.8. The summed E-state index contributed by atoms with van der Waals surface area (Å²) in [7, 11) is 0. The number of benzene rings is 5. The molecular formula is C26H20N2. The van der Waals surface area contributed by atoms with E-state index in [9.17, 15) is 0 Å². The van der Waals surface area contributed by atoms with Crippen molar-refractivity contribution in [3.8, 4) is 0 Å². The van der Waals surface area contributed by atoms with E-state index in [0.717, 1.165) is 22.7 Å². The molecule has 0 saturated carbocycles. The van der Waals surface area contributed by atoms with E-state index < -0.39 is 0 Å². The third-order valence-electron chi connectivity index (χ3n) is 5.02. The van der Waals surface area contributed by atoms with Crippen LogP contribution in [-0.4, -0.2) is 0 Å². The molecule has 134 valence electrons. The highest BCUT2D eigenvalue weighted by Gasteiger charge is 2.14. The monoisotopic (exact) mass is 360 g/mol. The van der Waals surface area contributed by atoms with Gasteiger partial charge >= 0.3 is 0 Å². The Morgan fingerprint density at radius 3 is 1.04 bits per heavy atom. The van der Waals surface area contributed by atoms with Gasteiger partial charge in [-0.25, -0.2) is 0 Å². The molecule has 0 aliphatic rings. The predicted octanol–water partition coefficient (Wildman–Crippen LogP) is 7.48. The van der Waals surface area contributed by atoms with Crippen LogP contribution < -0.4 is 10.6 Å². The number of para-hydroxylation sites is 2. The molecular weight excluding hydrogens is 340 g/mol. The molecule has 0 aliphatic carbocycles. The van der Waals surface area contributed by atoms with Crippen LogP contribution in [0.2, 0.25) is 0 Å². The summed E-state index contributed by atoms with van der Waals surface area (Å²) in [4.78, 5) is 0. The predicted molar refractivity (Wildman–Crippen MR) is 121 cm³/mol. The largest absolute Gasteiger partial charge is 0.353 e. The fourth-order valence-corrected chi connectivity index (χ4v) is 3.73. The number of fused-ring (bicyclic) bond motifs is 3. The molecule has 5 aromatic carbocycles. The zero-order valence-electron chi connectivity index (χ0n) is 15.4. The quantitative estimate of drug-likeness (QED) is 0.256. The minimum atomic E-state index is 1.07. The minimum absolute atomic E-state index is 1.07. The molecule has 2 nitrogen and oxygen atoms in total. The van der Waals surface area contributed by atoms with Crippen LogP contribution in [0.25, 0.3) is 21.5 Å². The van der Waals surface area contributed by atoms with Crippen molar-refractivity contribution in [2.75, 3.05) is 10.6 Å². The molecule has 0 spiro atoms. The van der Waals surface area contributed by atoms with Crippen LogP contribution >= 0.6 is 0 Å². The van der Waals surface area contributed by atoms with E-state index in [4.69, 9.17) is 0 Å². The fraction of sp³-hybridized carbons (Fsp3) is 0. The van der Waals surface area contributed by atoms with Crippen molar-refractivity contribution in [2.24, 2.45) is 0 Å². The lowest BCUT2D eigenvalue weighted by Gasteiger charge is -2.20. The van der Waals surface area contributed by atoms with E-state index in [0.29, 0.717) is 0 Å². The zero-order valence-corrected chi connectivity index (χ0v) is 15.4. The number of hydrogen-bond donors (Lipinski definition) is 2. The molecule has 0 fully saturated rings. The molecule has 0 bridgehead atoms. The molecule has 0 heterocycles. The summed E-state index contributed by atoms with van der Waals surface area (Å²) in [6.07, 6.45) is 0. The Kier molecular flexibility index (Phi) is 4.15. The first kappa shape index (κ1) is 16.4. The van der Waals surface area contributed by atoms with Gasteiger partial charge in [-0.1, -0.05) is 84.9 Å². The number of nitrogens with one attached hydrogen (secondary N) is 2. The molecule has 0 radical (unpaired) electrons. The molecule has 28 heavy (non-hydrogen) atoms. The van der Waals surface area contributed by atoms with E-state index in [1.54, 1.807) is 0 Å². The average Bonchev–Trinajstić information content (AvgIpc) is 2.77. The lowest BCUT2D eigenvalue weighted by Crippen LogP contribution is -2.00. The van der Waals surface area contributed by atoms with Crippen LogP contribution in [0, 0.1) is 0 Å². The Morgan fingerprint density at radius 1 is 0.321 bits per heavy atom. The van der Waals surface area contributed by atoms with Gasteiger partial charge in [0.05, 0.1) is 11.4 Å². The first-order chi connectivity index (χ1) is 13.9. The van der Waals surface area contributed by atoms with Gasteiger partial charge < -0.3 is 10.6 Å². The summed E-state index contributed by atoms with van der Waals surface area (Å²) in [5, 5.41) is 12.2. The Morgan fingerprint density at radius 2 is 0.643 bits per heavy atom. The van der Waals surface area contributed by atoms with Crippen molar-refractivity contribution in [3.05, 3.63) is 109 Å². The molecule has 0 amide bonds. The van der Waals surface area contributed by atoms with E-state index in [1.165, 1.54) is 21.5 Å². The van der Waals surface area contributed by atoms with Crippen molar-refractivity contribution >= 4 is 44.3 Å². The maximum atomic E-state index is 3.67. The fourth-order valence-electron chi connectivity index (χ4n) is 3.73. The van der Waals surface area contributed by atoms with Gasteiger partial charge in [0.2, 0.25) is 0 Å². The van der Waals surface area contributed by atoms with Crippen molar-refractivity contribution in [2.45, 2.75) is 0 Å². The van der Waals surface area contributed by atoms with Gasteiger partial charge in [-0.3, -0.25) is 0 Å². The molecule has 0 aromatic heterocycles. The third-order valence-corrected chi connectivity index (χ3v) is 5.02. The SMILES string of the molecule is c1ccc(Nc2c(Nc3ccccc3)c3ccccc3c3ccccc23)cc1. The maximum Gasteiger partial charge on any atom is 0.0709 e. The molecule has 2 heteroatoms. The van der Waals surface area contributed by atoms with E-state index in [2.05, 4.69) is 108 Å². The lowest BCUT2D eigenvalue weighted by molar-refractivity contribution is 1.54. The van der Waals surface area contributed by atoms with Gasteiger partial charge in [-0.2, -0.15) is 0 Å². The summed E-state index contributed by atoms with van der Waals surface area (Å²) in [5.74, 6) is 0. The van der Waals surface area contributed by atoms with Gasteiger partial charge in [-0.15, -0.1) is 0 Å². The number of rotatable bonds is 4. The second-order valence-corrected chi connectivity index (χ2v) is 6.82. The van der Waals surface area contributed by atoms with Gasteiger partial charge in [-0.05, 0) is 35.0 Å².